The van der Waals surface area contributed by atoms with Crippen molar-refractivity contribution in [1.82, 2.24) is 0 Å². The highest BCUT2D eigenvalue weighted by Gasteiger charge is 2.62. The van der Waals surface area contributed by atoms with Gasteiger partial charge in [-0.3, -0.25) is 4.79 Å². The third kappa shape index (κ3) is 2.79. The molecule has 4 aliphatic carbocycles. The molecule has 9 atom stereocenters. The molecule has 0 heterocycles. The molecule has 0 aromatic heterocycles. The van der Waals surface area contributed by atoms with E-state index in [-0.39, 0.29) is 23.9 Å². The van der Waals surface area contributed by atoms with Gasteiger partial charge in [0.25, 0.3) is 0 Å². The molecule has 0 amide bonds. The Morgan fingerprint density at radius 1 is 1.19 bits per heavy atom. The van der Waals surface area contributed by atoms with Crippen LogP contribution in [0, 0.1) is 46.3 Å². The summed E-state index contributed by atoms with van der Waals surface area (Å²) in [5.41, 5.74) is 2.03. The lowest BCUT2D eigenvalue weighted by Gasteiger charge is -2.58. The molecule has 0 aromatic rings. The van der Waals surface area contributed by atoms with Gasteiger partial charge >= 0.3 is 0 Å². The lowest BCUT2D eigenvalue weighted by Crippen LogP contribution is -2.51. The van der Waals surface area contributed by atoms with Crippen molar-refractivity contribution in [3.63, 3.8) is 0 Å². The fourth-order valence-electron chi connectivity index (χ4n) is 7.96. The van der Waals surface area contributed by atoms with E-state index < -0.39 is 6.10 Å². The average molecular weight is 375 g/mol. The van der Waals surface area contributed by atoms with Crippen LogP contribution in [-0.4, -0.2) is 28.7 Å². The van der Waals surface area contributed by atoms with Crippen molar-refractivity contribution in [2.24, 2.45) is 46.3 Å². The maximum atomic E-state index is 13.1. The molecule has 3 saturated carbocycles. The van der Waals surface area contributed by atoms with Gasteiger partial charge in [0.15, 0.2) is 0 Å². The molecule has 2 N–H and O–H groups in total. The highest BCUT2D eigenvalue weighted by atomic mass is 16.3. The summed E-state index contributed by atoms with van der Waals surface area (Å²) in [6.45, 7) is 8.93. The highest BCUT2D eigenvalue weighted by Crippen LogP contribution is 2.66. The van der Waals surface area contributed by atoms with Crippen LogP contribution in [0.4, 0.5) is 0 Å². The Labute approximate surface area is 164 Å². The van der Waals surface area contributed by atoms with Gasteiger partial charge in [-0.05, 0) is 78.9 Å². The largest absolute Gasteiger partial charge is 0.394 e. The lowest BCUT2D eigenvalue weighted by atomic mass is 9.46. The molecule has 4 rings (SSSR count). The summed E-state index contributed by atoms with van der Waals surface area (Å²) < 4.78 is 0. The second-order valence-electron chi connectivity index (χ2n) is 10.9. The first kappa shape index (κ1) is 19.6. The Kier molecular flexibility index (Phi) is 4.87. The number of allylic oxidation sites excluding steroid dienone is 2. The highest BCUT2D eigenvalue weighted by molar-refractivity contribution is 5.85. The Morgan fingerprint density at radius 2 is 1.93 bits per heavy atom. The molecular formula is C24H38O3. The van der Waals surface area contributed by atoms with Crippen LogP contribution in [0.15, 0.2) is 11.6 Å². The summed E-state index contributed by atoms with van der Waals surface area (Å²) in [6.07, 6.45) is 9.79. The van der Waals surface area contributed by atoms with E-state index in [1.165, 1.54) is 25.7 Å². The predicted molar refractivity (Wildman–Crippen MR) is 107 cm³/mol. The number of hydrogen-bond acceptors (Lipinski definition) is 3. The molecule has 3 nitrogen and oxygen atoms in total. The minimum Gasteiger partial charge on any atom is -0.394 e. The molecule has 2 unspecified atom stereocenters. The van der Waals surface area contributed by atoms with E-state index in [0.29, 0.717) is 35.4 Å². The minimum atomic E-state index is -0.789. The minimum absolute atomic E-state index is 0.0164. The number of rotatable bonds is 3. The molecule has 3 heteroatoms. The van der Waals surface area contributed by atoms with Crippen molar-refractivity contribution < 1.29 is 15.0 Å². The summed E-state index contributed by atoms with van der Waals surface area (Å²) in [7, 11) is 0. The van der Waals surface area contributed by atoms with E-state index >= 15 is 0 Å². The second kappa shape index (κ2) is 6.69. The van der Waals surface area contributed by atoms with Crippen molar-refractivity contribution in [3.8, 4) is 0 Å². The van der Waals surface area contributed by atoms with Crippen molar-refractivity contribution in [2.75, 3.05) is 6.61 Å². The maximum Gasteiger partial charge on any atom is 0.137 e. The Morgan fingerprint density at radius 3 is 2.63 bits per heavy atom. The second-order valence-corrected chi connectivity index (χ2v) is 10.9. The van der Waals surface area contributed by atoms with E-state index in [1.807, 2.05) is 6.92 Å². The van der Waals surface area contributed by atoms with Crippen LogP contribution >= 0.6 is 0 Å². The summed E-state index contributed by atoms with van der Waals surface area (Å²) >= 11 is 0. The predicted octanol–water partition coefficient (Wildman–Crippen LogP) is 4.37. The third-order valence-corrected chi connectivity index (χ3v) is 9.59. The average Bonchev–Trinajstić information content (AvgIpc) is 2.91. The number of carbonyl (C=O) groups is 1. The van der Waals surface area contributed by atoms with Gasteiger partial charge in [-0.25, -0.2) is 0 Å². The van der Waals surface area contributed by atoms with Crippen LogP contribution < -0.4 is 0 Å². The third-order valence-electron chi connectivity index (χ3n) is 9.59. The first-order valence-electron chi connectivity index (χ1n) is 11.2. The Balaban J connectivity index is 1.65. The van der Waals surface area contributed by atoms with Gasteiger partial charge < -0.3 is 10.2 Å². The fourth-order valence-corrected chi connectivity index (χ4v) is 7.96. The molecule has 0 aliphatic heterocycles. The van der Waals surface area contributed by atoms with E-state index in [1.54, 1.807) is 5.57 Å². The van der Waals surface area contributed by atoms with Crippen LogP contribution in [0.25, 0.3) is 0 Å². The van der Waals surface area contributed by atoms with Gasteiger partial charge in [-0.1, -0.05) is 39.3 Å². The molecule has 0 saturated heterocycles. The molecule has 0 radical (unpaired) electrons. The molecule has 152 valence electrons. The number of aliphatic hydroxyl groups excluding tert-OH is 2. The number of carbonyl (C=O) groups excluding carboxylic acids is 1. The fraction of sp³-hybridized carbons (Fsp3) is 0.875. The van der Waals surface area contributed by atoms with E-state index in [0.717, 1.165) is 18.8 Å². The summed E-state index contributed by atoms with van der Waals surface area (Å²) in [5.74, 6) is 2.65. The summed E-state index contributed by atoms with van der Waals surface area (Å²) in [4.78, 5) is 13.1. The summed E-state index contributed by atoms with van der Waals surface area (Å²) in [5, 5.41) is 19.7. The van der Waals surface area contributed by atoms with Crippen molar-refractivity contribution >= 4 is 5.78 Å². The van der Waals surface area contributed by atoms with Gasteiger partial charge in [0.05, 0.1) is 12.7 Å². The molecule has 27 heavy (non-hydrogen) atoms. The standard InChI is InChI=1S/C24H38O3/c1-14-7-9-23(3)16(11-14)5-6-17-18(23)8-10-24(4)19(17)12-20(26)22(24)15(2)21(27)13-25/h5,14-15,17-19,21-22,25,27H,6-13H2,1-4H3/t14-,15+,17+,18-,19-,21?,22-,23?,24-/m0/s1. The number of ketones is 1. The number of fused-ring (bicyclic) bond motifs is 5. The van der Waals surface area contributed by atoms with Crippen LogP contribution in [0.5, 0.6) is 0 Å². The monoisotopic (exact) mass is 374 g/mol. The van der Waals surface area contributed by atoms with Crippen molar-refractivity contribution in [3.05, 3.63) is 11.6 Å². The summed E-state index contributed by atoms with van der Waals surface area (Å²) in [6, 6.07) is 0. The quantitative estimate of drug-likeness (QED) is 0.721. The Bertz CT molecular complexity index is 640. The molecule has 4 aliphatic rings. The van der Waals surface area contributed by atoms with Gasteiger partial charge in [-0.15, -0.1) is 0 Å². The topological polar surface area (TPSA) is 57.5 Å². The zero-order chi connectivity index (χ0) is 19.6. The van der Waals surface area contributed by atoms with Crippen LogP contribution in [-0.2, 0) is 4.79 Å². The van der Waals surface area contributed by atoms with Crippen LogP contribution in [0.1, 0.15) is 72.6 Å². The van der Waals surface area contributed by atoms with Gasteiger partial charge in [0.1, 0.15) is 5.78 Å². The van der Waals surface area contributed by atoms with E-state index in [4.69, 9.17) is 0 Å². The number of Topliss-reactive ketones (excluding diaryl/α,β-unsaturated/α-hetero) is 1. The van der Waals surface area contributed by atoms with Gasteiger partial charge in [-0.2, -0.15) is 0 Å². The zero-order valence-corrected chi connectivity index (χ0v) is 17.6. The zero-order valence-electron chi connectivity index (χ0n) is 17.6. The first-order chi connectivity index (χ1) is 12.7. The first-order valence-corrected chi connectivity index (χ1v) is 11.2. The smallest absolute Gasteiger partial charge is 0.137 e. The van der Waals surface area contributed by atoms with Crippen LogP contribution in [0.2, 0.25) is 0 Å². The molecule has 0 spiro atoms. The van der Waals surface area contributed by atoms with Crippen LogP contribution in [0.3, 0.4) is 0 Å². The SMILES string of the molecule is C[C@H]1CCC2(C)C(=CC[C@@H]3[C@@H]2CC[C@]2(C)[C@@H]([C@H](C)C(O)CO)C(=O)C[C@@H]32)C1. The van der Waals surface area contributed by atoms with Gasteiger partial charge in [0.2, 0.25) is 0 Å². The molecule has 0 bridgehead atoms. The van der Waals surface area contributed by atoms with Crippen molar-refractivity contribution in [2.45, 2.75) is 78.7 Å². The maximum absolute atomic E-state index is 13.1. The number of aliphatic hydroxyl groups is 2. The van der Waals surface area contributed by atoms with E-state index in [9.17, 15) is 15.0 Å². The molecular weight excluding hydrogens is 336 g/mol. The number of hydrogen-bond donors (Lipinski definition) is 2. The molecule has 3 fully saturated rings. The van der Waals surface area contributed by atoms with E-state index in [2.05, 4.69) is 26.8 Å². The van der Waals surface area contributed by atoms with Crippen molar-refractivity contribution in [1.29, 1.82) is 0 Å². The normalized spacial score (nSPS) is 48.9. The molecule has 0 aromatic carbocycles. The lowest BCUT2D eigenvalue weighted by molar-refractivity contribution is -0.127. The Hall–Kier alpha value is -0.670. The van der Waals surface area contributed by atoms with Gasteiger partial charge in [0, 0.05) is 12.3 Å².